The molecule has 3 fully saturated rings. The molecular weight excluding hydrogens is 612 g/mol. The normalized spacial score (nSPS) is 31.6. The summed E-state index contributed by atoms with van der Waals surface area (Å²) in [6, 6.07) is 2.51. The lowest BCUT2D eigenvalue weighted by Crippen LogP contribution is -2.45. The van der Waals surface area contributed by atoms with Gasteiger partial charge in [-0.05, 0) is 62.3 Å². The van der Waals surface area contributed by atoms with Crippen LogP contribution in [0.5, 0.6) is 0 Å². The van der Waals surface area contributed by atoms with E-state index in [9.17, 15) is 19.2 Å². The van der Waals surface area contributed by atoms with E-state index in [-0.39, 0.29) is 33.3 Å². The molecule has 0 spiro atoms. The fraction of sp³-hybridized carbons (Fsp3) is 0.545. The summed E-state index contributed by atoms with van der Waals surface area (Å²) in [6.45, 7) is 4.78. The highest BCUT2D eigenvalue weighted by atomic mass is 79.9. The minimum Gasteiger partial charge on any atom is -0.454 e. The molecular formula is C22H23Br3N2O5. The van der Waals surface area contributed by atoms with Crippen LogP contribution in [-0.2, 0) is 23.9 Å². The second kappa shape index (κ2) is 8.83. The van der Waals surface area contributed by atoms with Gasteiger partial charge in [0.05, 0.1) is 11.8 Å². The lowest BCUT2D eigenvalue weighted by molar-refractivity contribution is -0.159. The highest BCUT2D eigenvalue weighted by Gasteiger charge is 2.67. The van der Waals surface area contributed by atoms with Crippen molar-refractivity contribution < 1.29 is 23.9 Å². The van der Waals surface area contributed by atoms with Crippen LogP contribution in [0.2, 0.25) is 0 Å². The summed E-state index contributed by atoms with van der Waals surface area (Å²) >= 11 is 10.7. The number of likely N-dealkylation sites (tertiary alicyclic amines) is 1. The molecule has 7 nitrogen and oxygen atoms in total. The van der Waals surface area contributed by atoms with Crippen LogP contribution in [0.4, 0.5) is 5.69 Å². The van der Waals surface area contributed by atoms with E-state index in [0.717, 1.165) is 26.9 Å². The number of ether oxygens (including phenoxy) is 1. The van der Waals surface area contributed by atoms with Gasteiger partial charge in [-0.2, -0.15) is 0 Å². The second-order valence-electron chi connectivity index (χ2n) is 8.73. The maximum absolute atomic E-state index is 13.0. The summed E-state index contributed by atoms with van der Waals surface area (Å²) in [7, 11) is 0. The maximum Gasteiger partial charge on any atom is 0.329 e. The van der Waals surface area contributed by atoms with Crippen LogP contribution < -0.4 is 5.32 Å². The van der Waals surface area contributed by atoms with Gasteiger partial charge in [-0.15, -0.1) is 0 Å². The minimum absolute atomic E-state index is 0.0717. The number of benzene rings is 1. The average Bonchev–Trinajstić information content (AvgIpc) is 3.36. The van der Waals surface area contributed by atoms with Gasteiger partial charge in [-0.25, -0.2) is 4.79 Å². The third-order valence-electron chi connectivity index (χ3n) is 7.09. The fourth-order valence-corrected chi connectivity index (χ4v) is 7.53. The molecule has 2 bridgehead atoms. The number of anilines is 1. The minimum atomic E-state index is -1.08. The van der Waals surface area contributed by atoms with Crippen LogP contribution in [0.1, 0.15) is 24.5 Å². The SMILES string of the molecule is Cc1c(Br)ccc(NC(=O)COC(=O)[C@H](C)N2C(=O)[C@@H]3[C@H]4C[C@@H]([C@H](Br)[C@@H]4Br)[C@@H]3C2=O)c1C. The Bertz CT molecular complexity index is 984. The number of nitrogens with one attached hydrogen (secondary N) is 1. The van der Waals surface area contributed by atoms with Crippen molar-refractivity contribution in [3.63, 3.8) is 0 Å². The van der Waals surface area contributed by atoms with Crippen LogP contribution in [0.3, 0.4) is 0 Å². The van der Waals surface area contributed by atoms with Crippen molar-refractivity contribution in [2.45, 2.75) is 42.9 Å². The average molecular weight is 635 g/mol. The zero-order valence-electron chi connectivity index (χ0n) is 17.7. The molecule has 1 heterocycles. The zero-order chi connectivity index (χ0) is 23.5. The van der Waals surface area contributed by atoms with Gasteiger partial charge in [0.15, 0.2) is 6.61 Å². The predicted molar refractivity (Wildman–Crippen MR) is 129 cm³/mol. The summed E-state index contributed by atoms with van der Waals surface area (Å²) < 4.78 is 6.08. The second-order valence-corrected chi connectivity index (χ2v) is 11.7. The number of nitrogens with zero attached hydrogens (tertiary/aromatic N) is 1. The Kier molecular flexibility index (Phi) is 6.59. The van der Waals surface area contributed by atoms with Crippen molar-refractivity contribution in [3.05, 3.63) is 27.7 Å². The van der Waals surface area contributed by atoms with Crippen LogP contribution in [0, 0.1) is 37.5 Å². The summed E-state index contributed by atoms with van der Waals surface area (Å²) in [5.74, 6) is -2.54. The molecule has 172 valence electrons. The van der Waals surface area contributed by atoms with E-state index in [1.165, 1.54) is 6.92 Å². The molecule has 1 aromatic rings. The smallest absolute Gasteiger partial charge is 0.329 e. The van der Waals surface area contributed by atoms with Gasteiger partial charge >= 0.3 is 5.97 Å². The van der Waals surface area contributed by atoms with Crippen molar-refractivity contribution in [1.29, 1.82) is 0 Å². The quantitative estimate of drug-likeness (QED) is 0.303. The largest absolute Gasteiger partial charge is 0.454 e. The Morgan fingerprint density at radius 1 is 1.09 bits per heavy atom. The molecule has 1 N–H and O–H groups in total. The molecule has 32 heavy (non-hydrogen) atoms. The standard InChI is InChI=1S/C22H23Br3N2O5/c1-8-9(2)14(5-4-13(8)23)26-15(28)7-32-22(31)10(3)27-20(29)16-11-6-12(17(16)21(27)30)19(25)18(11)24/h4-5,10-12,16-19H,6-7H2,1-3H3,(H,26,28)/t10-,11+,12+,16-,17+,18-,19+/m0/s1. The monoisotopic (exact) mass is 632 g/mol. The number of esters is 1. The molecule has 0 unspecified atom stereocenters. The molecule has 3 aliphatic rings. The van der Waals surface area contributed by atoms with Crippen molar-refractivity contribution in [2.75, 3.05) is 11.9 Å². The zero-order valence-corrected chi connectivity index (χ0v) is 22.5. The Labute approximate surface area is 211 Å². The number of halogens is 3. The Morgan fingerprint density at radius 2 is 1.66 bits per heavy atom. The Morgan fingerprint density at radius 3 is 2.22 bits per heavy atom. The van der Waals surface area contributed by atoms with Gasteiger partial charge in [0.1, 0.15) is 6.04 Å². The number of hydrogen-bond donors (Lipinski definition) is 1. The molecule has 0 radical (unpaired) electrons. The Hall–Kier alpha value is -1.26. The fourth-order valence-electron chi connectivity index (χ4n) is 5.23. The third-order valence-corrected chi connectivity index (χ3v) is 11.2. The molecule has 1 aliphatic heterocycles. The van der Waals surface area contributed by atoms with E-state index >= 15 is 0 Å². The van der Waals surface area contributed by atoms with Crippen molar-refractivity contribution in [3.8, 4) is 0 Å². The van der Waals surface area contributed by atoms with Gasteiger partial charge in [-0.3, -0.25) is 19.3 Å². The van der Waals surface area contributed by atoms with Crippen molar-refractivity contribution in [1.82, 2.24) is 4.90 Å². The number of carbonyl (C=O) groups excluding carboxylic acids is 4. The number of alkyl halides is 2. The van der Waals surface area contributed by atoms with Gasteiger partial charge in [0, 0.05) is 19.8 Å². The highest BCUT2D eigenvalue weighted by molar-refractivity contribution is 9.12. The number of carbonyl (C=O) groups is 4. The molecule has 10 heteroatoms. The first-order valence-electron chi connectivity index (χ1n) is 10.4. The van der Waals surface area contributed by atoms with E-state index in [1.54, 1.807) is 6.07 Å². The van der Waals surface area contributed by atoms with Crippen LogP contribution in [-0.4, -0.2) is 50.9 Å². The molecule has 2 saturated carbocycles. The third kappa shape index (κ3) is 3.76. The Balaban J connectivity index is 1.37. The topological polar surface area (TPSA) is 92.8 Å². The van der Waals surface area contributed by atoms with E-state index < -0.39 is 36.4 Å². The van der Waals surface area contributed by atoms with Crippen LogP contribution in [0.15, 0.2) is 16.6 Å². The van der Waals surface area contributed by atoms with E-state index in [2.05, 4.69) is 53.1 Å². The maximum atomic E-state index is 13.0. The number of amides is 3. The van der Waals surface area contributed by atoms with Gasteiger partial charge in [0.25, 0.3) is 5.91 Å². The predicted octanol–water partition coefficient (Wildman–Crippen LogP) is 3.71. The van der Waals surface area contributed by atoms with Crippen LogP contribution >= 0.6 is 47.8 Å². The van der Waals surface area contributed by atoms with E-state index in [0.29, 0.717) is 5.69 Å². The summed E-state index contributed by atoms with van der Waals surface area (Å²) in [6.07, 6.45) is 0.820. The summed E-state index contributed by atoms with van der Waals surface area (Å²) in [4.78, 5) is 52.3. The highest BCUT2D eigenvalue weighted by Crippen LogP contribution is 2.60. The summed E-state index contributed by atoms with van der Waals surface area (Å²) in [5.41, 5.74) is 2.52. The van der Waals surface area contributed by atoms with Gasteiger partial charge in [0.2, 0.25) is 11.8 Å². The number of rotatable bonds is 5. The van der Waals surface area contributed by atoms with E-state index in [1.807, 2.05) is 19.9 Å². The van der Waals surface area contributed by atoms with Crippen molar-refractivity contribution >= 4 is 77.2 Å². The molecule has 0 aromatic heterocycles. The summed E-state index contributed by atoms with van der Waals surface area (Å²) in [5, 5.41) is 2.73. The number of hydrogen-bond acceptors (Lipinski definition) is 5. The van der Waals surface area contributed by atoms with Gasteiger partial charge < -0.3 is 10.1 Å². The first-order chi connectivity index (χ1) is 15.0. The van der Waals surface area contributed by atoms with Crippen molar-refractivity contribution in [2.24, 2.45) is 23.7 Å². The van der Waals surface area contributed by atoms with Gasteiger partial charge in [-0.1, -0.05) is 47.8 Å². The lowest BCUT2D eigenvalue weighted by atomic mass is 9.81. The first-order valence-corrected chi connectivity index (χ1v) is 13.0. The molecule has 4 rings (SSSR count). The molecule has 1 aromatic carbocycles. The molecule has 2 aliphatic carbocycles. The molecule has 1 saturated heterocycles. The lowest BCUT2D eigenvalue weighted by Gasteiger charge is -2.28. The molecule has 7 atom stereocenters. The van der Waals surface area contributed by atoms with E-state index in [4.69, 9.17) is 4.74 Å². The number of imide groups is 1. The van der Waals surface area contributed by atoms with Crippen LogP contribution in [0.25, 0.3) is 0 Å². The first kappa shape index (κ1) is 23.9. The number of fused-ring (bicyclic) bond motifs is 5. The molecule has 3 amide bonds.